The third-order valence-electron chi connectivity index (χ3n) is 5.47. The third-order valence-corrected chi connectivity index (χ3v) is 5.47. The highest BCUT2D eigenvalue weighted by Gasteiger charge is 2.14. The van der Waals surface area contributed by atoms with Crippen LogP contribution in [0.2, 0.25) is 0 Å². The molecule has 0 atom stereocenters. The second-order valence-electron chi connectivity index (χ2n) is 7.84. The number of imidazole rings is 1. The van der Waals surface area contributed by atoms with E-state index in [1.807, 2.05) is 49.5 Å². The van der Waals surface area contributed by atoms with E-state index in [-0.39, 0.29) is 5.91 Å². The normalized spacial score (nSPS) is 13.1. The van der Waals surface area contributed by atoms with Gasteiger partial charge in [-0.1, -0.05) is 17.7 Å². The van der Waals surface area contributed by atoms with Gasteiger partial charge >= 0.3 is 0 Å². The van der Waals surface area contributed by atoms with E-state index < -0.39 is 0 Å². The number of nitrogens with zero attached hydrogens (tertiary/aromatic N) is 4. The summed E-state index contributed by atoms with van der Waals surface area (Å²) in [5.41, 5.74) is 4.26. The molecule has 7 nitrogen and oxygen atoms in total. The van der Waals surface area contributed by atoms with Crippen LogP contribution in [0, 0.1) is 6.92 Å². The second-order valence-corrected chi connectivity index (χ2v) is 7.84. The van der Waals surface area contributed by atoms with Crippen molar-refractivity contribution in [3.63, 3.8) is 0 Å². The molecular weight excluding hydrogens is 390 g/mol. The molecule has 1 N–H and O–H groups in total. The summed E-state index contributed by atoms with van der Waals surface area (Å²) in [5.74, 6) is 1.88. The molecule has 3 heterocycles. The van der Waals surface area contributed by atoms with Crippen LogP contribution in [0.5, 0.6) is 0 Å². The number of aromatic nitrogens is 4. The topological polar surface area (TPSA) is 85.8 Å². The number of hydrogen-bond acceptors (Lipinski definition) is 5. The molecule has 31 heavy (non-hydrogen) atoms. The zero-order chi connectivity index (χ0) is 21.2. The molecule has 1 amide bonds. The van der Waals surface area contributed by atoms with Gasteiger partial charge in [0.2, 0.25) is 11.8 Å². The van der Waals surface area contributed by atoms with Gasteiger partial charge in [0.05, 0.1) is 12.2 Å². The molecule has 0 radical (unpaired) electrons. The molecule has 0 saturated carbocycles. The van der Waals surface area contributed by atoms with Crippen molar-refractivity contribution in [2.45, 2.75) is 39.3 Å². The Labute approximate surface area is 180 Å². The van der Waals surface area contributed by atoms with Gasteiger partial charge in [0.1, 0.15) is 5.82 Å². The summed E-state index contributed by atoms with van der Waals surface area (Å²) in [6, 6.07) is 15.1. The fourth-order valence-corrected chi connectivity index (χ4v) is 3.83. The van der Waals surface area contributed by atoms with Gasteiger partial charge in [-0.15, -0.1) is 10.2 Å². The Morgan fingerprint density at radius 3 is 2.65 bits per heavy atom. The van der Waals surface area contributed by atoms with E-state index in [0.29, 0.717) is 23.9 Å². The Balaban J connectivity index is 1.24. The van der Waals surface area contributed by atoms with Crippen LogP contribution in [-0.2, 0) is 19.5 Å². The number of nitrogens with one attached hydrogen (secondary N) is 1. The molecule has 1 aliphatic rings. The smallest absolute Gasteiger partial charge is 0.251 e. The van der Waals surface area contributed by atoms with Crippen LogP contribution < -0.4 is 5.32 Å². The van der Waals surface area contributed by atoms with Gasteiger partial charge in [0.25, 0.3) is 5.91 Å². The summed E-state index contributed by atoms with van der Waals surface area (Å²) in [6.45, 7) is 3.45. The van der Waals surface area contributed by atoms with Gasteiger partial charge in [-0.05, 0) is 56.2 Å². The first-order chi connectivity index (χ1) is 15.2. The third kappa shape index (κ3) is 4.12. The van der Waals surface area contributed by atoms with E-state index in [1.165, 1.54) is 12.8 Å². The van der Waals surface area contributed by atoms with Crippen LogP contribution in [0.1, 0.15) is 40.3 Å². The highest BCUT2D eigenvalue weighted by atomic mass is 16.4. The molecule has 0 fully saturated rings. The predicted molar refractivity (Wildman–Crippen MR) is 116 cm³/mol. The standard InChI is InChI=1S/C24H23N5O2/c1-16-5-4-6-19(13-16)24-28-27-23(31-24)18-10-8-17(9-11-18)22(30)25-14-20-15-29-12-3-2-7-21(29)26-20/h4-6,8-11,13,15H,2-3,7,12,14H2,1H3,(H,25,30). The monoisotopic (exact) mass is 413 g/mol. The molecule has 156 valence electrons. The van der Waals surface area contributed by atoms with Gasteiger partial charge in [-0.3, -0.25) is 4.79 Å². The highest BCUT2D eigenvalue weighted by molar-refractivity contribution is 5.94. The van der Waals surface area contributed by atoms with E-state index in [9.17, 15) is 4.79 Å². The Morgan fingerprint density at radius 2 is 1.87 bits per heavy atom. The predicted octanol–water partition coefficient (Wildman–Crippen LogP) is 4.17. The lowest BCUT2D eigenvalue weighted by atomic mass is 10.1. The number of hydrogen-bond donors (Lipinski definition) is 1. The van der Waals surface area contributed by atoms with Crippen LogP contribution in [0.15, 0.2) is 59.1 Å². The average Bonchev–Trinajstić information content (AvgIpc) is 3.45. The molecule has 0 aliphatic carbocycles. The minimum absolute atomic E-state index is 0.136. The number of benzene rings is 2. The number of fused-ring (bicyclic) bond motifs is 1. The Kier molecular flexibility index (Phi) is 5.08. The maximum absolute atomic E-state index is 12.5. The molecule has 4 aromatic rings. The minimum atomic E-state index is -0.136. The van der Waals surface area contributed by atoms with Gasteiger partial charge in [-0.25, -0.2) is 4.98 Å². The molecule has 5 rings (SSSR count). The highest BCUT2D eigenvalue weighted by Crippen LogP contribution is 2.24. The minimum Gasteiger partial charge on any atom is -0.416 e. The van der Waals surface area contributed by atoms with Crippen molar-refractivity contribution in [3.05, 3.63) is 77.4 Å². The van der Waals surface area contributed by atoms with Crippen molar-refractivity contribution >= 4 is 5.91 Å². The Morgan fingerprint density at radius 1 is 1.06 bits per heavy atom. The summed E-state index contributed by atoms with van der Waals surface area (Å²) in [5, 5.41) is 11.2. The molecule has 1 aliphatic heterocycles. The number of aryl methyl sites for hydroxylation is 3. The number of carbonyl (C=O) groups excluding carboxylic acids is 1. The number of amides is 1. The first-order valence-electron chi connectivity index (χ1n) is 10.5. The number of carbonyl (C=O) groups is 1. The number of rotatable bonds is 5. The maximum atomic E-state index is 12.5. The summed E-state index contributed by atoms with van der Waals surface area (Å²) >= 11 is 0. The van der Waals surface area contributed by atoms with Crippen molar-refractivity contribution in [2.24, 2.45) is 0 Å². The van der Waals surface area contributed by atoms with Crippen LogP contribution in [0.4, 0.5) is 0 Å². The quantitative estimate of drug-likeness (QED) is 0.531. The molecule has 7 heteroatoms. The van der Waals surface area contributed by atoms with Crippen molar-refractivity contribution in [1.82, 2.24) is 25.1 Å². The summed E-state index contributed by atoms with van der Waals surface area (Å²) in [6.07, 6.45) is 5.42. The van der Waals surface area contributed by atoms with Crippen molar-refractivity contribution in [1.29, 1.82) is 0 Å². The van der Waals surface area contributed by atoms with E-state index in [4.69, 9.17) is 4.42 Å². The first-order valence-corrected chi connectivity index (χ1v) is 10.5. The largest absolute Gasteiger partial charge is 0.416 e. The van der Waals surface area contributed by atoms with Gasteiger partial charge in [0.15, 0.2) is 0 Å². The molecular formula is C24H23N5O2. The molecule has 0 unspecified atom stereocenters. The van der Waals surface area contributed by atoms with Gasteiger partial charge in [0, 0.05) is 35.9 Å². The lowest BCUT2D eigenvalue weighted by Crippen LogP contribution is -2.22. The molecule has 0 bridgehead atoms. The SMILES string of the molecule is Cc1cccc(-c2nnc(-c3ccc(C(=O)NCc4cn5c(n4)CCCC5)cc3)o2)c1. The molecule has 2 aromatic heterocycles. The maximum Gasteiger partial charge on any atom is 0.251 e. The van der Waals surface area contributed by atoms with Crippen molar-refractivity contribution < 1.29 is 9.21 Å². The first kappa shape index (κ1) is 19.2. The van der Waals surface area contributed by atoms with E-state index >= 15 is 0 Å². The fraction of sp³-hybridized carbons (Fsp3) is 0.250. The van der Waals surface area contributed by atoms with Crippen molar-refractivity contribution in [2.75, 3.05) is 0 Å². The summed E-state index contributed by atoms with van der Waals surface area (Å²) in [7, 11) is 0. The zero-order valence-electron chi connectivity index (χ0n) is 17.3. The van der Waals surface area contributed by atoms with Gasteiger partial charge in [-0.2, -0.15) is 0 Å². The lowest BCUT2D eigenvalue weighted by molar-refractivity contribution is 0.0950. The Hall–Kier alpha value is -3.74. The van der Waals surface area contributed by atoms with E-state index in [0.717, 1.165) is 41.2 Å². The molecule has 0 spiro atoms. The van der Waals surface area contributed by atoms with Crippen LogP contribution in [-0.4, -0.2) is 25.7 Å². The van der Waals surface area contributed by atoms with Crippen LogP contribution >= 0.6 is 0 Å². The van der Waals surface area contributed by atoms with Crippen LogP contribution in [0.3, 0.4) is 0 Å². The van der Waals surface area contributed by atoms with E-state index in [2.05, 4.69) is 25.1 Å². The molecule has 2 aromatic carbocycles. The van der Waals surface area contributed by atoms with Gasteiger partial charge < -0.3 is 14.3 Å². The molecule has 0 saturated heterocycles. The summed E-state index contributed by atoms with van der Waals surface area (Å²) < 4.78 is 8.01. The zero-order valence-corrected chi connectivity index (χ0v) is 17.3. The lowest BCUT2D eigenvalue weighted by Gasteiger charge is -2.11. The second kappa shape index (κ2) is 8.18. The fourth-order valence-electron chi connectivity index (χ4n) is 3.83. The van der Waals surface area contributed by atoms with E-state index in [1.54, 1.807) is 12.1 Å². The average molecular weight is 413 g/mol. The van der Waals surface area contributed by atoms with Crippen molar-refractivity contribution in [3.8, 4) is 22.9 Å². The van der Waals surface area contributed by atoms with Crippen LogP contribution in [0.25, 0.3) is 22.9 Å². The summed E-state index contributed by atoms with van der Waals surface area (Å²) in [4.78, 5) is 17.2. The Bertz CT molecular complexity index is 1200.